The van der Waals surface area contributed by atoms with Gasteiger partial charge in [0.15, 0.2) is 5.76 Å². The highest BCUT2D eigenvalue weighted by Gasteiger charge is 2.39. The van der Waals surface area contributed by atoms with Crippen molar-refractivity contribution < 1.29 is 27.2 Å². The minimum absolute atomic E-state index is 0.0428. The van der Waals surface area contributed by atoms with Gasteiger partial charge in [-0.05, 0) is 12.1 Å². The number of rotatable bonds is 3. The van der Waals surface area contributed by atoms with Gasteiger partial charge in [-0.15, -0.1) is 0 Å². The Morgan fingerprint density at radius 3 is 2.43 bits per heavy atom. The molecule has 0 spiro atoms. The predicted molar refractivity (Wildman–Crippen MR) is 38.4 cm³/mol. The van der Waals surface area contributed by atoms with Crippen LogP contribution in [0.15, 0.2) is 22.8 Å². The normalized spacial score (nSPS) is 11.4. The van der Waals surface area contributed by atoms with E-state index in [1.54, 1.807) is 0 Å². The second-order valence-electron chi connectivity index (χ2n) is 2.35. The van der Waals surface area contributed by atoms with Crippen molar-refractivity contribution in [1.82, 2.24) is 0 Å². The summed E-state index contributed by atoms with van der Waals surface area (Å²) < 4.78 is 39.6. The van der Waals surface area contributed by atoms with E-state index in [0.29, 0.717) is 0 Å². The van der Waals surface area contributed by atoms with Crippen LogP contribution in [0, 0.1) is 6.42 Å². The number of hydrogen-bond acceptors (Lipinski definition) is 3. The standard InChI is InChI=1S/C8H4F3O3/c9-8(10,11)7(13)4-5(12)6-2-1-3-14-6/h1-4H. The fraction of sp³-hybridized carbons (Fsp3) is 0.125. The molecule has 0 amide bonds. The number of Topliss-reactive ketones (excluding diaryl/α,β-unsaturated/α-hetero) is 2. The number of furan rings is 1. The van der Waals surface area contributed by atoms with Crippen LogP contribution in [0.5, 0.6) is 0 Å². The molecule has 14 heavy (non-hydrogen) atoms. The van der Waals surface area contributed by atoms with Crippen LogP contribution >= 0.6 is 0 Å². The first-order valence-electron chi connectivity index (χ1n) is 3.45. The molecule has 0 saturated heterocycles. The summed E-state index contributed by atoms with van der Waals surface area (Å²) in [6.45, 7) is 0. The van der Waals surface area contributed by atoms with Crippen LogP contribution in [0.3, 0.4) is 0 Å². The topological polar surface area (TPSA) is 47.3 Å². The third kappa shape index (κ3) is 2.45. The van der Waals surface area contributed by atoms with Crippen molar-refractivity contribution in [1.29, 1.82) is 0 Å². The van der Waals surface area contributed by atoms with Crippen LogP contribution in [-0.2, 0) is 4.79 Å². The van der Waals surface area contributed by atoms with Gasteiger partial charge in [-0.3, -0.25) is 9.59 Å². The fourth-order valence-corrected chi connectivity index (χ4v) is 0.691. The molecule has 0 fully saturated rings. The first-order valence-corrected chi connectivity index (χ1v) is 3.45. The second-order valence-corrected chi connectivity index (χ2v) is 2.35. The molecule has 1 aromatic heterocycles. The predicted octanol–water partition coefficient (Wildman–Crippen LogP) is 1.80. The van der Waals surface area contributed by atoms with Gasteiger partial charge in [-0.2, -0.15) is 13.2 Å². The summed E-state index contributed by atoms with van der Waals surface area (Å²) in [5.41, 5.74) is 0. The quantitative estimate of drug-likeness (QED) is 0.558. The molecule has 1 radical (unpaired) electrons. The molecule has 0 bridgehead atoms. The number of carbonyl (C=O) groups excluding carboxylic acids is 2. The molecule has 1 heterocycles. The maximum absolute atomic E-state index is 11.7. The minimum Gasteiger partial charge on any atom is -0.461 e. The molecule has 0 aromatic carbocycles. The smallest absolute Gasteiger partial charge is 0.450 e. The van der Waals surface area contributed by atoms with E-state index in [-0.39, 0.29) is 12.2 Å². The molecule has 0 aliphatic carbocycles. The van der Waals surface area contributed by atoms with Gasteiger partial charge >= 0.3 is 6.18 Å². The van der Waals surface area contributed by atoms with E-state index in [1.165, 1.54) is 12.1 Å². The lowest BCUT2D eigenvalue weighted by Crippen LogP contribution is -2.25. The van der Waals surface area contributed by atoms with E-state index in [4.69, 9.17) is 0 Å². The number of ketones is 2. The van der Waals surface area contributed by atoms with Crippen molar-refractivity contribution in [3.05, 3.63) is 30.6 Å². The van der Waals surface area contributed by atoms with Gasteiger partial charge in [0.1, 0.15) is 6.42 Å². The van der Waals surface area contributed by atoms with E-state index in [0.717, 1.165) is 6.26 Å². The number of halogens is 3. The Morgan fingerprint density at radius 2 is 2.00 bits per heavy atom. The monoisotopic (exact) mass is 205 g/mol. The molecule has 0 atom stereocenters. The van der Waals surface area contributed by atoms with Crippen LogP contribution in [0.4, 0.5) is 13.2 Å². The average molecular weight is 205 g/mol. The molecule has 0 saturated carbocycles. The minimum atomic E-state index is -5.03. The van der Waals surface area contributed by atoms with Crippen molar-refractivity contribution in [3.8, 4) is 0 Å². The van der Waals surface area contributed by atoms with Gasteiger partial charge in [0, 0.05) is 0 Å². The van der Waals surface area contributed by atoms with Crippen molar-refractivity contribution >= 4 is 11.6 Å². The first kappa shape index (κ1) is 10.5. The summed E-state index contributed by atoms with van der Waals surface area (Å²) in [7, 11) is 0. The summed E-state index contributed by atoms with van der Waals surface area (Å²) in [6.07, 6.45) is -3.94. The zero-order chi connectivity index (χ0) is 10.8. The molecule has 0 aliphatic rings. The average Bonchev–Trinajstić information content (AvgIpc) is 2.53. The van der Waals surface area contributed by atoms with Gasteiger partial charge in [0.2, 0.25) is 11.6 Å². The molecule has 0 unspecified atom stereocenters. The summed E-state index contributed by atoms with van der Waals surface area (Å²) >= 11 is 0. The van der Waals surface area contributed by atoms with E-state index < -0.39 is 17.7 Å². The highest BCUT2D eigenvalue weighted by atomic mass is 19.4. The van der Waals surface area contributed by atoms with Crippen LogP contribution in [0.2, 0.25) is 0 Å². The second kappa shape index (κ2) is 3.65. The molecule has 0 aliphatic heterocycles. The number of alkyl halides is 3. The van der Waals surface area contributed by atoms with Crippen LogP contribution in [0.25, 0.3) is 0 Å². The summed E-state index contributed by atoms with van der Waals surface area (Å²) in [5, 5.41) is 0. The molecule has 1 rings (SSSR count). The Kier molecular flexibility index (Phi) is 2.73. The van der Waals surface area contributed by atoms with E-state index in [2.05, 4.69) is 4.42 Å². The fourth-order valence-electron chi connectivity index (χ4n) is 0.691. The van der Waals surface area contributed by atoms with Crippen molar-refractivity contribution in [3.63, 3.8) is 0 Å². The van der Waals surface area contributed by atoms with Crippen LogP contribution in [-0.4, -0.2) is 17.7 Å². The molecule has 3 nitrogen and oxygen atoms in total. The molecule has 6 heteroatoms. The highest BCUT2D eigenvalue weighted by molar-refractivity contribution is 6.18. The Morgan fingerprint density at radius 1 is 1.36 bits per heavy atom. The molecule has 75 valence electrons. The maximum Gasteiger partial charge on any atom is 0.450 e. The van der Waals surface area contributed by atoms with Crippen LogP contribution in [0.1, 0.15) is 10.6 Å². The largest absolute Gasteiger partial charge is 0.461 e. The molecule has 0 N–H and O–H groups in total. The molecule has 1 aromatic rings. The first-order chi connectivity index (χ1) is 6.41. The highest BCUT2D eigenvalue weighted by Crippen LogP contribution is 2.18. The lowest BCUT2D eigenvalue weighted by molar-refractivity contribution is -0.166. The van der Waals surface area contributed by atoms with Crippen molar-refractivity contribution in [2.24, 2.45) is 0 Å². The SMILES string of the molecule is O=C([CH]C(=O)C(F)(F)F)c1ccco1. The molecular formula is C8H4F3O3. The zero-order valence-corrected chi connectivity index (χ0v) is 6.67. The lowest BCUT2D eigenvalue weighted by Gasteiger charge is -2.01. The van der Waals surface area contributed by atoms with Gasteiger partial charge in [-0.1, -0.05) is 0 Å². The molecular weight excluding hydrogens is 201 g/mol. The van der Waals surface area contributed by atoms with Crippen molar-refractivity contribution in [2.75, 3.05) is 0 Å². The van der Waals surface area contributed by atoms with Gasteiger partial charge in [0.25, 0.3) is 0 Å². The number of hydrogen-bond donors (Lipinski definition) is 0. The Hall–Kier alpha value is -1.59. The van der Waals surface area contributed by atoms with E-state index >= 15 is 0 Å². The third-order valence-electron chi connectivity index (χ3n) is 1.31. The Bertz CT molecular complexity index is 337. The lowest BCUT2D eigenvalue weighted by atomic mass is 10.1. The van der Waals surface area contributed by atoms with E-state index in [9.17, 15) is 22.8 Å². The zero-order valence-electron chi connectivity index (χ0n) is 6.67. The maximum atomic E-state index is 11.7. The van der Waals surface area contributed by atoms with Gasteiger partial charge < -0.3 is 4.42 Å². The van der Waals surface area contributed by atoms with E-state index in [1.807, 2.05) is 0 Å². The summed E-state index contributed by atoms with van der Waals surface area (Å²) in [6, 6.07) is 2.50. The Balaban J connectivity index is 2.63. The van der Waals surface area contributed by atoms with Gasteiger partial charge in [0.05, 0.1) is 6.26 Å². The Labute approximate surface area is 76.5 Å². The third-order valence-corrected chi connectivity index (χ3v) is 1.31. The summed E-state index contributed by atoms with van der Waals surface area (Å²) in [4.78, 5) is 21.2. The van der Waals surface area contributed by atoms with Crippen LogP contribution < -0.4 is 0 Å². The van der Waals surface area contributed by atoms with Gasteiger partial charge in [-0.25, -0.2) is 0 Å². The number of carbonyl (C=O) groups is 2. The van der Waals surface area contributed by atoms with Crippen molar-refractivity contribution in [2.45, 2.75) is 6.18 Å². The summed E-state index contributed by atoms with van der Waals surface area (Å²) in [5.74, 6) is -3.60.